The average molecular weight is 346 g/mol. The summed E-state index contributed by atoms with van der Waals surface area (Å²) in [5.41, 5.74) is 1.81. The molecule has 2 saturated heterocycles. The number of likely N-dealkylation sites (tertiary alicyclic amines) is 1. The van der Waals surface area contributed by atoms with Gasteiger partial charge < -0.3 is 19.3 Å². The Morgan fingerprint density at radius 1 is 1.20 bits per heavy atom. The van der Waals surface area contributed by atoms with Gasteiger partial charge in [-0.15, -0.1) is 0 Å². The summed E-state index contributed by atoms with van der Waals surface area (Å²) in [5.74, 6) is 0.441. The van der Waals surface area contributed by atoms with Gasteiger partial charge in [-0.1, -0.05) is 6.07 Å². The third kappa shape index (κ3) is 3.63. The number of carbonyl (C=O) groups is 2. The second kappa shape index (κ2) is 7.44. The van der Waals surface area contributed by atoms with Crippen LogP contribution < -0.4 is 9.64 Å². The summed E-state index contributed by atoms with van der Waals surface area (Å²) >= 11 is 0. The maximum Gasteiger partial charge on any atom is 0.228 e. The van der Waals surface area contributed by atoms with Crippen molar-refractivity contribution >= 4 is 17.5 Å². The fraction of sp³-hybridized carbons (Fsp3) is 0.579. The fourth-order valence-electron chi connectivity index (χ4n) is 3.69. The molecule has 2 amide bonds. The van der Waals surface area contributed by atoms with Crippen molar-refractivity contribution in [2.45, 2.75) is 32.3 Å². The van der Waals surface area contributed by atoms with Gasteiger partial charge in [0.25, 0.3) is 0 Å². The van der Waals surface area contributed by atoms with Crippen molar-refractivity contribution in [2.24, 2.45) is 5.92 Å². The molecule has 0 spiro atoms. The van der Waals surface area contributed by atoms with E-state index < -0.39 is 0 Å². The number of benzene rings is 1. The number of methoxy groups -OCH3 is 2. The van der Waals surface area contributed by atoms with Crippen LogP contribution in [0.5, 0.6) is 5.75 Å². The van der Waals surface area contributed by atoms with E-state index in [0.29, 0.717) is 25.4 Å². The van der Waals surface area contributed by atoms with E-state index in [9.17, 15) is 9.59 Å². The van der Waals surface area contributed by atoms with Crippen LogP contribution in [0.1, 0.15) is 24.8 Å². The highest BCUT2D eigenvalue weighted by Gasteiger charge is 2.39. The average Bonchev–Trinajstić information content (AvgIpc) is 3.02. The second-order valence-corrected chi connectivity index (χ2v) is 6.84. The van der Waals surface area contributed by atoms with E-state index in [2.05, 4.69) is 0 Å². The monoisotopic (exact) mass is 346 g/mol. The highest BCUT2D eigenvalue weighted by Crippen LogP contribution is 2.34. The molecule has 2 aliphatic rings. The molecule has 1 aromatic rings. The lowest BCUT2D eigenvalue weighted by atomic mass is 10.0. The first kappa shape index (κ1) is 17.7. The molecule has 0 unspecified atom stereocenters. The van der Waals surface area contributed by atoms with E-state index in [4.69, 9.17) is 9.47 Å². The van der Waals surface area contributed by atoms with Gasteiger partial charge in [0.2, 0.25) is 11.8 Å². The highest BCUT2D eigenvalue weighted by atomic mass is 16.5. The molecule has 136 valence electrons. The van der Waals surface area contributed by atoms with E-state index in [0.717, 1.165) is 24.1 Å². The molecule has 0 radical (unpaired) electrons. The van der Waals surface area contributed by atoms with E-state index in [1.807, 2.05) is 30.0 Å². The third-order valence-corrected chi connectivity index (χ3v) is 5.19. The molecule has 6 nitrogen and oxygen atoms in total. The number of aryl methyl sites for hydroxylation is 1. The van der Waals surface area contributed by atoms with Crippen molar-refractivity contribution in [3.63, 3.8) is 0 Å². The molecule has 25 heavy (non-hydrogen) atoms. The second-order valence-electron chi connectivity index (χ2n) is 6.84. The number of anilines is 1. The van der Waals surface area contributed by atoms with Crippen molar-refractivity contribution in [3.05, 3.63) is 23.8 Å². The zero-order valence-electron chi connectivity index (χ0n) is 15.2. The van der Waals surface area contributed by atoms with Crippen LogP contribution in [0.15, 0.2) is 18.2 Å². The topological polar surface area (TPSA) is 59.1 Å². The van der Waals surface area contributed by atoms with Crippen LogP contribution in [0.2, 0.25) is 0 Å². The smallest absolute Gasteiger partial charge is 0.228 e. The number of rotatable bonds is 4. The van der Waals surface area contributed by atoms with Crippen LogP contribution in [-0.2, 0) is 14.3 Å². The van der Waals surface area contributed by atoms with Gasteiger partial charge in [0.15, 0.2) is 0 Å². The molecule has 0 bridgehead atoms. The predicted octanol–water partition coefficient (Wildman–Crippen LogP) is 1.99. The van der Waals surface area contributed by atoms with Crippen molar-refractivity contribution < 1.29 is 19.1 Å². The maximum absolute atomic E-state index is 12.8. The van der Waals surface area contributed by atoms with Gasteiger partial charge >= 0.3 is 0 Å². The Balaban J connectivity index is 1.70. The lowest BCUT2D eigenvalue weighted by Crippen LogP contribution is -2.44. The summed E-state index contributed by atoms with van der Waals surface area (Å²) in [6, 6.07) is 5.75. The van der Waals surface area contributed by atoms with Crippen molar-refractivity contribution in [1.82, 2.24) is 4.90 Å². The summed E-state index contributed by atoms with van der Waals surface area (Å²) in [6.07, 6.45) is 2.22. The Hall–Kier alpha value is -2.08. The van der Waals surface area contributed by atoms with E-state index in [-0.39, 0.29) is 30.3 Å². The van der Waals surface area contributed by atoms with Gasteiger partial charge in [-0.05, 0) is 37.5 Å². The Morgan fingerprint density at radius 3 is 2.56 bits per heavy atom. The van der Waals surface area contributed by atoms with E-state index in [1.165, 1.54) is 0 Å². The summed E-state index contributed by atoms with van der Waals surface area (Å²) < 4.78 is 10.8. The molecule has 0 saturated carbocycles. The Kier molecular flexibility index (Phi) is 5.27. The van der Waals surface area contributed by atoms with Crippen molar-refractivity contribution in [1.29, 1.82) is 0 Å². The molecule has 0 aromatic heterocycles. The molecular weight excluding hydrogens is 320 g/mol. The molecule has 2 fully saturated rings. The fourth-order valence-corrected chi connectivity index (χ4v) is 3.69. The number of nitrogens with zero attached hydrogens (tertiary/aromatic N) is 2. The lowest BCUT2D eigenvalue weighted by Gasteiger charge is -2.32. The molecule has 2 heterocycles. The molecule has 0 N–H and O–H groups in total. The molecular formula is C19H26N2O4. The van der Waals surface area contributed by atoms with Crippen LogP contribution in [0, 0.1) is 12.8 Å². The first-order chi connectivity index (χ1) is 12.0. The molecule has 0 aliphatic carbocycles. The lowest BCUT2D eigenvalue weighted by molar-refractivity contribution is -0.138. The molecule has 3 rings (SSSR count). The van der Waals surface area contributed by atoms with Gasteiger partial charge in [-0.2, -0.15) is 0 Å². The standard InChI is InChI=1S/C19H26N2O4/c1-13-4-5-17(25-3)16(10-13)21-12-14(11-18(21)22)19(23)20-8-6-15(24-2)7-9-20/h4-5,10,14-15H,6-9,11-12H2,1-3H3/t14-/m1/s1. The normalized spacial score (nSPS) is 21.7. The quantitative estimate of drug-likeness (QED) is 0.837. The van der Waals surface area contributed by atoms with Crippen LogP contribution in [0.3, 0.4) is 0 Å². The first-order valence-electron chi connectivity index (χ1n) is 8.80. The zero-order valence-corrected chi connectivity index (χ0v) is 15.2. The van der Waals surface area contributed by atoms with Crippen molar-refractivity contribution in [2.75, 3.05) is 38.8 Å². The first-order valence-corrected chi connectivity index (χ1v) is 8.80. The number of hydrogen-bond donors (Lipinski definition) is 0. The molecule has 1 atom stereocenters. The van der Waals surface area contributed by atoms with Gasteiger partial charge in [0.05, 0.1) is 24.8 Å². The Bertz CT molecular complexity index is 653. The summed E-state index contributed by atoms with van der Waals surface area (Å²) in [7, 11) is 3.31. The number of piperidine rings is 1. The SMILES string of the molecule is COc1ccc(C)cc1N1C[C@H](C(=O)N2CCC(OC)CC2)CC1=O. The van der Waals surface area contributed by atoms with Crippen LogP contribution >= 0.6 is 0 Å². The number of amides is 2. The van der Waals surface area contributed by atoms with Crippen LogP contribution in [-0.4, -0.2) is 56.7 Å². The Morgan fingerprint density at radius 2 is 1.92 bits per heavy atom. The number of ether oxygens (including phenoxy) is 2. The number of carbonyl (C=O) groups excluding carboxylic acids is 2. The zero-order chi connectivity index (χ0) is 18.0. The van der Waals surface area contributed by atoms with Gasteiger partial charge in [0, 0.05) is 33.2 Å². The van der Waals surface area contributed by atoms with Crippen LogP contribution in [0.4, 0.5) is 5.69 Å². The summed E-state index contributed by atoms with van der Waals surface area (Å²) in [4.78, 5) is 28.9. The molecule has 1 aromatic carbocycles. The summed E-state index contributed by atoms with van der Waals surface area (Å²) in [5, 5.41) is 0. The van der Waals surface area contributed by atoms with Crippen molar-refractivity contribution in [3.8, 4) is 5.75 Å². The largest absolute Gasteiger partial charge is 0.495 e. The maximum atomic E-state index is 12.8. The molecule has 2 aliphatic heterocycles. The van der Waals surface area contributed by atoms with Gasteiger partial charge in [-0.25, -0.2) is 0 Å². The van der Waals surface area contributed by atoms with E-state index in [1.54, 1.807) is 19.1 Å². The van der Waals surface area contributed by atoms with Gasteiger partial charge in [0.1, 0.15) is 5.75 Å². The minimum absolute atomic E-state index is 0.0194. The van der Waals surface area contributed by atoms with E-state index >= 15 is 0 Å². The minimum Gasteiger partial charge on any atom is -0.495 e. The van der Waals surface area contributed by atoms with Crippen LogP contribution in [0.25, 0.3) is 0 Å². The number of hydrogen-bond acceptors (Lipinski definition) is 4. The highest BCUT2D eigenvalue weighted by molar-refractivity contribution is 6.01. The molecule has 6 heteroatoms. The Labute approximate surface area is 148 Å². The predicted molar refractivity (Wildman–Crippen MR) is 94.8 cm³/mol. The third-order valence-electron chi connectivity index (χ3n) is 5.19. The summed E-state index contributed by atoms with van der Waals surface area (Å²) in [6.45, 7) is 3.80. The minimum atomic E-state index is -0.281. The van der Waals surface area contributed by atoms with Gasteiger partial charge in [-0.3, -0.25) is 9.59 Å².